The summed E-state index contributed by atoms with van der Waals surface area (Å²) in [5, 5.41) is 14.8. The number of hydrogen-bond acceptors (Lipinski definition) is 3. The van der Waals surface area contributed by atoms with Gasteiger partial charge in [0.25, 0.3) is 0 Å². The van der Waals surface area contributed by atoms with E-state index >= 15 is 0 Å². The molecule has 1 aromatic heterocycles. The van der Waals surface area contributed by atoms with Gasteiger partial charge >= 0.3 is 6.18 Å². The lowest BCUT2D eigenvalue weighted by molar-refractivity contribution is -0.137. The second-order valence-electron chi connectivity index (χ2n) is 3.51. The number of halogens is 3. The molecule has 1 heterocycles. The Kier molecular flexibility index (Phi) is 2.71. The van der Waals surface area contributed by atoms with Crippen LogP contribution in [0.3, 0.4) is 0 Å². The molecule has 0 radical (unpaired) electrons. The first kappa shape index (κ1) is 12.0. The Morgan fingerprint density at radius 2 is 1.94 bits per heavy atom. The van der Waals surface area contributed by atoms with Gasteiger partial charge in [-0.05, 0) is 6.07 Å². The summed E-state index contributed by atoms with van der Waals surface area (Å²) in [7, 11) is 0. The predicted molar refractivity (Wildman–Crippen MR) is 58.2 cm³/mol. The van der Waals surface area contributed by atoms with Crippen molar-refractivity contribution in [3.63, 3.8) is 0 Å². The van der Waals surface area contributed by atoms with Gasteiger partial charge in [0.1, 0.15) is 11.6 Å². The summed E-state index contributed by atoms with van der Waals surface area (Å²) in [6, 6.07) is 6.66. The van der Waals surface area contributed by atoms with Crippen LogP contribution in [0.1, 0.15) is 11.1 Å². The lowest BCUT2D eigenvalue weighted by Gasteiger charge is -2.11. The summed E-state index contributed by atoms with van der Waals surface area (Å²) >= 11 is 0. The van der Waals surface area contributed by atoms with Crippen molar-refractivity contribution in [1.29, 1.82) is 5.26 Å². The quantitative estimate of drug-likeness (QED) is 0.818. The molecule has 92 valence electrons. The SMILES string of the molecule is N#Cc1c(N)n[nH]c1-c1ccccc1C(F)(F)F. The molecule has 0 amide bonds. The van der Waals surface area contributed by atoms with Crippen LogP contribution in [-0.4, -0.2) is 10.2 Å². The highest BCUT2D eigenvalue weighted by atomic mass is 19.4. The molecule has 0 fully saturated rings. The van der Waals surface area contributed by atoms with Crippen molar-refractivity contribution >= 4 is 5.82 Å². The highest BCUT2D eigenvalue weighted by molar-refractivity contribution is 5.74. The molecule has 0 spiro atoms. The third-order valence-corrected chi connectivity index (χ3v) is 2.41. The number of H-pyrrole nitrogens is 1. The fraction of sp³-hybridized carbons (Fsp3) is 0.0909. The Balaban J connectivity index is 2.69. The van der Waals surface area contributed by atoms with Gasteiger partial charge < -0.3 is 5.73 Å². The molecule has 2 rings (SSSR count). The van der Waals surface area contributed by atoms with Crippen LogP contribution < -0.4 is 5.73 Å². The minimum atomic E-state index is -4.51. The van der Waals surface area contributed by atoms with E-state index < -0.39 is 11.7 Å². The summed E-state index contributed by atoms with van der Waals surface area (Å²) in [6.45, 7) is 0. The molecule has 0 saturated carbocycles. The number of hydrogen-bond donors (Lipinski definition) is 2. The molecular weight excluding hydrogens is 245 g/mol. The van der Waals surface area contributed by atoms with Crippen molar-refractivity contribution in [2.75, 3.05) is 5.73 Å². The first-order valence-electron chi connectivity index (χ1n) is 4.85. The lowest BCUT2D eigenvalue weighted by atomic mass is 10.0. The number of aromatic amines is 1. The van der Waals surface area contributed by atoms with Gasteiger partial charge in [-0.3, -0.25) is 5.10 Å². The lowest BCUT2D eigenvalue weighted by Crippen LogP contribution is -2.07. The van der Waals surface area contributed by atoms with Crippen LogP contribution in [0.2, 0.25) is 0 Å². The van der Waals surface area contributed by atoms with Gasteiger partial charge in [0.2, 0.25) is 0 Å². The van der Waals surface area contributed by atoms with Gasteiger partial charge in [-0.2, -0.15) is 23.5 Å². The molecule has 2 aromatic rings. The monoisotopic (exact) mass is 252 g/mol. The smallest absolute Gasteiger partial charge is 0.381 e. The van der Waals surface area contributed by atoms with Crippen molar-refractivity contribution in [1.82, 2.24) is 10.2 Å². The Bertz CT molecular complexity index is 622. The number of nitrogens with one attached hydrogen (secondary N) is 1. The van der Waals surface area contributed by atoms with Crippen molar-refractivity contribution < 1.29 is 13.2 Å². The van der Waals surface area contributed by atoms with Crippen LogP contribution in [0.5, 0.6) is 0 Å². The zero-order valence-corrected chi connectivity index (χ0v) is 8.92. The molecular formula is C11H7F3N4. The number of aromatic nitrogens is 2. The number of alkyl halides is 3. The fourth-order valence-electron chi connectivity index (χ4n) is 1.61. The minimum Gasteiger partial charge on any atom is -0.381 e. The average molecular weight is 252 g/mol. The summed E-state index contributed by atoms with van der Waals surface area (Å²) in [5.74, 6) is -0.121. The third-order valence-electron chi connectivity index (χ3n) is 2.41. The third kappa shape index (κ3) is 1.88. The van der Waals surface area contributed by atoms with Crippen LogP contribution in [0.25, 0.3) is 11.3 Å². The molecule has 1 aromatic carbocycles. The fourth-order valence-corrected chi connectivity index (χ4v) is 1.61. The number of rotatable bonds is 1. The zero-order valence-electron chi connectivity index (χ0n) is 8.92. The molecule has 7 heteroatoms. The van der Waals surface area contributed by atoms with Crippen LogP contribution in [-0.2, 0) is 6.18 Å². The van der Waals surface area contributed by atoms with E-state index in [9.17, 15) is 13.2 Å². The number of nitriles is 1. The maximum absolute atomic E-state index is 12.8. The van der Waals surface area contributed by atoms with Crippen LogP contribution in [0.15, 0.2) is 24.3 Å². The number of nitrogen functional groups attached to an aromatic ring is 1. The predicted octanol–water partition coefficient (Wildman–Crippen LogP) is 2.55. The van der Waals surface area contributed by atoms with E-state index in [4.69, 9.17) is 11.0 Å². The van der Waals surface area contributed by atoms with Gasteiger partial charge in [0.15, 0.2) is 5.82 Å². The molecule has 0 aliphatic carbocycles. The van der Waals surface area contributed by atoms with E-state index in [2.05, 4.69) is 10.2 Å². The number of benzene rings is 1. The van der Waals surface area contributed by atoms with Gasteiger partial charge in [-0.1, -0.05) is 18.2 Å². The van der Waals surface area contributed by atoms with Crippen LogP contribution in [0.4, 0.5) is 19.0 Å². The average Bonchev–Trinajstić information content (AvgIpc) is 2.69. The van der Waals surface area contributed by atoms with E-state index in [-0.39, 0.29) is 22.6 Å². The van der Waals surface area contributed by atoms with Crippen molar-refractivity contribution in [3.05, 3.63) is 35.4 Å². The second-order valence-corrected chi connectivity index (χ2v) is 3.51. The summed E-state index contributed by atoms with van der Waals surface area (Å²) in [5.41, 5.74) is 4.30. The highest BCUT2D eigenvalue weighted by Gasteiger charge is 2.34. The van der Waals surface area contributed by atoms with Crippen LogP contribution >= 0.6 is 0 Å². The second kappa shape index (κ2) is 4.07. The van der Waals surface area contributed by atoms with Gasteiger partial charge in [0, 0.05) is 5.56 Å². The van der Waals surface area contributed by atoms with E-state index in [0.717, 1.165) is 6.07 Å². The Morgan fingerprint density at radius 3 is 2.56 bits per heavy atom. The van der Waals surface area contributed by atoms with E-state index in [1.165, 1.54) is 18.2 Å². The molecule has 0 bridgehead atoms. The largest absolute Gasteiger partial charge is 0.417 e. The van der Waals surface area contributed by atoms with Crippen molar-refractivity contribution in [3.8, 4) is 17.3 Å². The molecule has 3 N–H and O–H groups in total. The Morgan fingerprint density at radius 1 is 1.28 bits per heavy atom. The molecule has 0 atom stereocenters. The summed E-state index contributed by atoms with van der Waals surface area (Å²) < 4.78 is 38.5. The van der Waals surface area contributed by atoms with Crippen LogP contribution in [0, 0.1) is 11.3 Å². The topological polar surface area (TPSA) is 78.5 Å². The van der Waals surface area contributed by atoms with E-state index in [1.807, 2.05) is 0 Å². The maximum atomic E-state index is 12.8. The van der Waals surface area contributed by atoms with Gasteiger partial charge in [-0.15, -0.1) is 0 Å². The molecule has 0 saturated heterocycles. The first-order chi connectivity index (χ1) is 8.45. The molecule has 18 heavy (non-hydrogen) atoms. The minimum absolute atomic E-state index is 0.0251. The van der Waals surface area contributed by atoms with Gasteiger partial charge in [-0.25, -0.2) is 0 Å². The highest BCUT2D eigenvalue weighted by Crippen LogP contribution is 2.37. The standard InChI is InChI=1S/C11H7F3N4/c12-11(13,14)8-4-2-1-3-6(8)9-7(5-15)10(16)18-17-9/h1-4H,(H3,16,17,18). The molecule has 0 aliphatic heterocycles. The molecule has 0 unspecified atom stereocenters. The van der Waals surface area contributed by atoms with Crippen molar-refractivity contribution in [2.45, 2.75) is 6.18 Å². The summed E-state index contributed by atoms with van der Waals surface area (Å²) in [6.07, 6.45) is -4.51. The van der Waals surface area contributed by atoms with Gasteiger partial charge in [0.05, 0.1) is 11.3 Å². The number of nitrogens with two attached hydrogens (primary N) is 1. The molecule has 0 aliphatic rings. The number of nitrogens with zero attached hydrogens (tertiary/aromatic N) is 2. The molecule has 4 nitrogen and oxygen atoms in total. The zero-order chi connectivity index (χ0) is 13.3. The normalized spacial score (nSPS) is 11.2. The first-order valence-corrected chi connectivity index (χ1v) is 4.85. The summed E-state index contributed by atoms with van der Waals surface area (Å²) in [4.78, 5) is 0. The van der Waals surface area contributed by atoms with E-state index in [1.54, 1.807) is 6.07 Å². The maximum Gasteiger partial charge on any atom is 0.417 e. The van der Waals surface area contributed by atoms with Crippen molar-refractivity contribution in [2.24, 2.45) is 0 Å². The van der Waals surface area contributed by atoms with E-state index in [0.29, 0.717) is 0 Å². The Hall–Kier alpha value is -2.49. The number of anilines is 1. The Labute approximate surface area is 99.8 Å².